The average molecular weight is 445 g/mol. The van der Waals surface area contributed by atoms with Crippen LogP contribution in [0.4, 0.5) is 0 Å². The Balaban J connectivity index is 0. The second-order valence-electron chi connectivity index (χ2n) is 8.18. The molecule has 4 nitrogen and oxygen atoms in total. The third-order valence-electron chi connectivity index (χ3n) is 5.44. The minimum Gasteiger partial charge on any atom is -0.748 e. The van der Waals surface area contributed by atoms with Gasteiger partial charge in [0.2, 0.25) is 0 Å². The van der Waals surface area contributed by atoms with Crippen LogP contribution in [0.5, 0.6) is 0 Å². The van der Waals surface area contributed by atoms with Crippen LogP contribution >= 0.6 is 0 Å². The van der Waals surface area contributed by atoms with Gasteiger partial charge in [-0.15, -0.1) is 0 Å². The predicted octanol–water partition coefficient (Wildman–Crippen LogP) is 3.33. The molecule has 0 radical (unpaired) electrons. The van der Waals surface area contributed by atoms with E-state index in [2.05, 4.69) is 6.92 Å². The first-order chi connectivity index (χ1) is 12.9. The maximum Gasteiger partial charge on any atom is 1.00 e. The van der Waals surface area contributed by atoms with Gasteiger partial charge in [0.05, 0.1) is 21.5 Å². The van der Waals surface area contributed by atoms with Crippen molar-refractivity contribution in [2.75, 3.05) is 0 Å². The molecule has 0 aromatic heterocycles. The number of hydrogen-bond acceptors (Lipinski definition) is 4. The monoisotopic (exact) mass is 444 g/mol. The summed E-state index contributed by atoms with van der Waals surface area (Å²) in [5, 5.41) is 9.07. The van der Waals surface area contributed by atoms with Gasteiger partial charge in [0.15, 0.2) is 0 Å². The van der Waals surface area contributed by atoms with Gasteiger partial charge >= 0.3 is 51.4 Å². The van der Waals surface area contributed by atoms with Crippen molar-refractivity contribution in [1.29, 1.82) is 0 Å². The number of aliphatic hydroxyl groups is 1. The Hall–Kier alpha value is 1.51. The molecule has 0 rings (SSSR count). The van der Waals surface area contributed by atoms with Gasteiger partial charge in [-0.05, 0) is 19.3 Å². The largest absolute Gasteiger partial charge is 1.00 e. The van der Waals surface area contributed by atoms with E-state index in [-0.39, 0.29) is 57.8 Å². The van der Waals surface area contributed by atoms with E-state index in [9.17, 15) is 18.1 Å². The maximum atomic E-state index is 11.2. The van der Waals surface area contributed by atoms with Crippen molar-refractivity contribution in [1.82, 2.24) is 0 Å². The summed E-state index contributed by atoms with van der Waals surface area (Å²) in [5.74, 6) is 0. The molecule has 0 heterocycles. The summed E-state index contributed by atoms with van der Waals surface area (Å²) in [6.45, 7) is 4.12. The number of aliphatic hydroxyl groups excluding tert-OH is 1. The van der Waals surface area contributed by atoms with Gasteiger partial charge in [0, 0.05) is 0 Å². The van der Waals surface area contributed by atoms with Gasteiger partial charge in [-0.3, -0.25) is 0 Å². The van der Waals surface area contributed by atoms with Crippen LogP contribution in [0.15, 0.2) is 0 Å². The number of rotatable bonds is 20. The second-order valence-corrected chi connectivity index (χ2v) is 9.83. The van der Waals surface area contributed by atoms with Gasteiger partial charge in [-0.25, -0.2) is 8.42 Å². The van der Waals surface area contributed by atoms with Crippen LogP contribution in [0.1, 0.15) is 129 Å². The topological polar surface area (TPSA) is 77.4 Å². The standard InChI is InChI=1S/C22H46O4S.K/c1-3-5-6-7-8-9-10-11-12-13-14-15-16-17-19-21(23)20-22(18-4-2)27(24,25)26;/h21-23H,3-20H2,1-2H3,(H,24,25,26);/q;+1/p-1. The Morgan fingerprint density at radius 1 is 0.679 bits per heavy atom. The third kappa shape index (κ3) is 20.8. The SMILES string of the molecule is CCCCCCCCCCCCCCCCC(O)CC(CCC)S(=O)(=O)[O-].[K+]. The van der Waals surface area contributed by atoms with Crippen molar-refractivity contribution in [2.45, 2.75) is 141 Å². The minimum atomic E-state index is -4.29. The van der Waals surface area contributed by atoms with Crippen molar-refractivity contribution >= 4 is 10.1 Å². The van der Waals surface area contributed by atoms with Crippen molar-refractivity contribution in [3.63, 3.8) is 0 Å². The summed E-state index contributed by atoms with van der Waals surface area (Å²) in [6.07, 6.45) is 19.1. The Morgan fingerprint density at radius 3 is 1.43 bits per heavy atom. The van der Waals surface area contributed by atoms with Crippen LogP contribution in [0.25, 0.3) is 0 Å². The van der Waals surface area contributed by atoms with Crippen LogP contribution in [-0.2, 0) is 10.1 Å². The van der Waals surface area contributed by atoms with Crippen molar-refractivity contribution in [3.8, 4) is 0 Å². The summed E-state index contributed by atoms with van der Waals surface area (Å²) in [5.41, 5.74) is 0. The zero-order valence-electron chi connectivity index (χ0n) is 19.0. The first-order valence-corrected chi connectivity index (χ1v) is 13.0. The van der Waals surface area contributed by atoms with E-state index in [0.717, 1.165) is 12.8 Å². The fourth-order valence-electron chi connectivity index (χ4n) is 3.70. The fourth-order valence-corrected chi connectivity index (χ4v) is 4.68. The molecule has 0 aliphatic carbocycles. The van der Waals surface area contributed by atoms with Crippen molar-refractivity contribution < 1.29 is 69.5 Å². The van der Waals surface area contributed by atoms with E-state index >= 15 is 0 Å². The van der Waals surface area contributed by atoms with E-state index in [1.807, 2.05) is 6.92 Å². The number of hydrogen-bond donors (Lipinski definition) is 1. The molecule has 0 aliphatic rings. The molecule has 28 heavy (non-hydrogen) atoms. The maximum absolute atomic E-state index is 11.2. The third-order valence-corrected chi connectivity index (χ3v) is 6.69. The van der Waals surface area contributed by atoms with Crippen LogP contribution in [0.3, 0.4) is 0 Å². The van der Waals surface area contributed by atoms with E-state index in [1.165, 1.54) is 77.0 Å². The van der Waals surface area contributed by atoms with Crippen LogP contribution in [-0.4, -0.2) is 29.4 Å². The zero-order valence-corrected chi connectivity index (χ0v) is 22.9. The van der Waals surface area contributed by atoms with Crippen molar-refractivity contribution in [3.05, 3.63) is 0 Å². The normalized spacial score (nSPS) is 13.9. The molecular weight excluding hydrogens is 399 g/mol. The molecule has 0 aromatic rings. The molecule has 0 spiro atoms. The summed E-state index contributed by atoms with van der Waals surface area (Å²) < 4.78 is 33.6. The first-order valence-electron chi connectivity index (χ1n) is 11.5. The molecule has 6 heteroatoms. The average Bonchev–Trinajstić information content (AvgIpc) is 2.61. The van der Waals surface area contributed by atoms with Crippen LogP contribution < -0.4 is 51.4 Å². The van der Waals surface area contributed by atoms with Gasteiger partial charge < -0.3 is 9.66 Å². The molecule has 2 unspecified atom stereocenters. The predicted molar refractivity (Wildman–Crippen MR) is 114 cm³/mol. The second kappa shape index (κ2) is 21.7. The summed E-state index contributed by atoms with van der Waals surface area (Å²) in [6, 6.07) is 0. The van der Waals surface area contributed by atoms with E-state index in [4.69, 9.17) is 0 Å². The Labute approximate surface area is 218 Å². The molecule has 0 aliphatic heterocycles. The van der Waals surface area contributed by atoms with Gasteiger partial charge in [0.1, 0.15) is 0 Å². The summed E-state index contributed by atoms with van der Waals surface area (Å²) in [4.78, 5) is 0. The van der Waals surface area contributed by atoms with E-state index in [1.54, 1.807) is 0 Å². The molecule has 0 aromatic carbocycles. The minimum absolute atomic E-state index is 0. The zero-order chi connectivity index (χ0) is 20.4. The van der Waals surface area contributed by atoms with Crippen molar-refractivity contribution in [2.24, 2.45) is 0 Å². The quantitative estimate of drug-likeness (QED) is 0.177. The van der Waals surface area contributed by atoms with Gasteiger partial charge in [-0.1, -0.05) is 110 Å². The summed E-state index contributed by atoms with van der Waals surface area (Å²) >= 11 is 0. The van der Waals surface area contributed by atoms with Crippen LogP contribution in [0.2, 0.25) is 0 Å². The molecule has 0 saturated carbocycles. The molecule has 0 fully saturated rings. The Kier molecular flexibility index (Phi) is 24.6. The molecule has 1 N–H and O–H groups in total. The number of unbranched alkanes of at least 4 members (excludes halogenated alkanes) is 13. The molecule has 0 bridgehead atoms. The molecule has 2 atom stereocenters. The smallest absolute Gasteiger partial charge is 0.748 e. The molecular formula is C22H45KO4S. The molecule has 164 valence electrons. The first kappa shape index (κ1) is 31.7. The molecule has 0 amide bonds. The summed E-state index contributed by atoms with van der Waals surface area (Å²) in [7, 11) is -4.29. The fraction of sp³-hybridized carbons (Fsp3) is 1.00. The van der Waals surface area contributed by atoms with Gasteiger partial charge in [-0.2, -0.15) is 0 Å². The van der Waals surface area contributed by atoms with Gasteiger partial charge in [0.25, 0.3) is 0 Å². The Bertz CT molecular complexity index is 415. The molecule has 0 saturated heterocycles. The van der Waals surface area contributed by atoms with Crippen LogP contribution in [0, 0.1) is 0 Å². The van der Waals surface area contributed by atoms with E-state index in [0.29, 0.717) is 19.3 Å². The van der Waals surface area contributed by atoms with E-state index < -0.39 is 21.5 Å². The Morgan fingerprint density at radius 2 is 1.07 bits per heavy atom.